The average molecular weight is 1790 g/mol. The van der Waals surface area contributed by atoms with Gasteiger partial charge in [0.2, 0.25) is 0 Å². The predicted octanol–water partition coefficient (Wildman–Crippen LogP) is 22.6. The topological polar surface area (TPSA) is 0 Å². The van der Waals surface area contributed by atoms with E-state index in [-0.39, 0.29) is 0 Å². The van der Waals surface area contributed by atoms with Gasteiger partial charge in [-0.2, -0.15) is 0 Å². The third-order valence-electron chi connectivity index (χ3n) is 30.4. The van der Waals surface area contributed by atoms with Crippen LogP contribution in [-0.2, 0) is 0 Å². The summed E-state index contributed by atoms with van der Waals surface area (Å²) < 4.78 is 0. The zero-order valence-corrected chi connectivity index (χ0v) is 80.5. The summed E-state index contributed by atoms with van der Waals surface area (Å²) >= 11 is 0. The van der Waals surface area contributed by atoms with Crippen LogP contribution < -0.4 is 83.0 Å². The van der Waals surface area contributed by atoms with Gasteiger partial charge in [0.25, 0.3) is 0 Å². The highest BCUT2D eigenvalue weighted by Crippen LogP contribution is 2.42. The quantitative estimate of drug-likeness (QED) is 0.105. The molecule has 0 N–H and O–H groups in total. The Morgan fingerprint density at radius 2 is 0.397 bits per heavy atom. The highest BCUT2D eigenvalue weighted by Gasteiger charge is 2.54. The Kier molecular flexibility index (Phi) is 20.0. The van der Waals surface area contributed by atoms with E-state index in [1.165, 1.54) is 236 Å². The molecule has 136 heavy (non-hydrogen) atoms. The van der Waals surface area contributed by atoms with Crippen molar-refractivity contribution in [2.24, 2.45) is 0 Å². The Hall–Kier alpha value is -15.8. The zero-order chi connectivity index (χ0) is 90.8. The summed E-state index contributed by atoms with van der Waals surface area (Å²) in [6.45, 7) is 8.99. The van der Waals surface area contributed by atoms with E-state index in [9.17, 15) is 0 Å². The average Bonchev–Trinajstić information content (AvgIpc) is 1.55. The van der Waals surface area contributed by atoms with Crippen molar-refractivity contribution in [3.63, 3.8) is 0 Å². The van der Waals surface area contributed by atoms with Gasteiger partial charge in [0.05, 0.1) is 0 Å². The van der Waals surface area contributed by atoms with E-state index in [0.717, 1.165) is 0 Å². The van der Waals surface area contributed by atoms with E-state index in [0.29, 0.717) is 0 Å². The second-order valence-electron chi connectivity index (χ2n) is 37.6. The van der Waals surface area contributed by atoms with Crippen LogP contribution in [0.3, 0.4) is 0 Å². The second kappa shape index (κ2) is 33.1. The lowest BCUT2D eigenvalue weighted by atomic mass is 9.95. The zero-order valence-electron chi connectivity index (χ0n) is 76.5. The number of rotatable bonds is 8. The number of fused-ring (bicyclic) bond motifs is 24. The minimum atomic E-state index is -2.51. The standard InChI is InChI=1S/4C33H24Si/c1-23-20-30-28-18-10-11-19-32(28)34(26-14-4-2-5-15-26,27-16-6-3-7-17-27)33(30)31-22-25-13-9-8-12-24(25)21-29(23)31;1-23-27-17-9-8-12-24(27)22-31-28(23)20-21-30-29-18-10-11-19-32(29)34(33(30)31,25-13-4-2-5-14-25)26-15-6-3-7-16-26;1-23-16-19-32-31(20-23)29-18-17-26-21-24-10-8-9-11-25(24)22-30(26)33(29)34(32,27-12-4-2-5-13-27)28-14-6-3-7-15-28;1-23-16-18-29-30-19-17-26-21-24-10-8-9-11-25(24)22-31(26)33(30)34(32(29)20-23,27-12-4-2-5-13-27)28-14-6-3-7-15-28/h4*2-22H,1H3. The minimum absolute atomic E-state index is 1.30. The molecule has 4 heterocycles. The van der Waals surface area contributed by atoms with Crippen LogP contribution in [0.1, 0.15) is 22.3 Å². The molecule has 0 radical (unpaired) electrons. The fraction of sp³-hybridized carbons (Fsp3) is 0.0303. The molecule has 0 saturated carbocycles. The molecule has 0 bridgehead atoms. The number of benzene rings is 24. The molecule has 4 heteroatoms. The maximum atomic E-state index is 2.47. The third-order valence-corrected chi connectivity index (χ3v) is 50.1. The van der Waals surface area contributed by atoms with Crippen LogP contribution in [0.4, 0.5) is 0 Å². The van der Waals surface area contributed by atoms with Gasteiger partial charge in [0.1, 0.15) is 0 Å². The molecular formula is C132H96Si4. The first-order chi connectivity index (χ1) is 67.1. The first-order valence-corrected chi connectivity index (χ1v) is 55.8. The molecular weight excluding hydrogens is 1700 g/mol. The highest BCUT2D eigenvalue weighted by atomic mass is 28.3. The molecule has 0 unspecified atom stereocenters. The second-order valence-corrected chi connectivity index (χ2v) is 52.4. The Bertz CT molecular complexity index is 8500. The molecule has 4 aliphatic rings. The molecule has 0 amide bonds. The van der Waals surface area contributed by atoms with Gasteiger partial charge in [-0.05, 0) is 295 Å². The van der Waals surface area contributed by atoms with Crippen molar-refractivity contribution < 1.29 is 0 Å². The Morgan fingerprint density at radius 3 is 0.824 bits per heavy atom. The van der Waals surface area contributed by atoms with Gasteiger partial charge in [-0.15, -0.1) is 0 Å². The molecule has 0 saturated heterocycles. The fourth-order valence-corrected chi connectivity index (χ4v) is 46.4. The first kappa shape index (κ1) is 82.2. The van der Waals surface area contributed by atoms with Gasteiger partial charge >= 0.3 is 0 Å². The van der Waals surface area contributed by atoms with E-state index in [1.807, 2.05) is 0 Å². The summed E-state index contributed by atoms with van der Waals surface area (Å²) in [6.07, 6.45) is 0. The van der Waals surface area contributed by atoms with E-state index in [1.54, 1.807) is 0 Å². The van der Waals surface area contributed by atoms with Gasteiger partial charge in [-0.25, -0.2) is 0 Å². The van der Waals surface area contributed by atoms with Crippen molar-refractivity contribution in [1.82, 2.24) is 0 Å². The third kappa shape index (κ3) is 12.6. The monoisotopic (exact) mass is 1790 g/mol. The predicted molar refractivity (Wildman–Crippen MR) is 595 cm³/mol. The van der Waals surface area contributed by atoms with Gasteiger partial charge in [0, 0.05) is 0 Å². The molecule has 0 atom stereocenters. The van der Waals surface area contributed by atoms with Gasteiger partial charge in [-0.3, -0.25) is 0 Å². The van der Waals surface area contributed by atoms with Crippen molar-refractivity contribution >= 4 is 201 Å². The molecule has 640 valence electrons. The highest BCUT2D eigenvalue weighted by molar-refractivity contribution is 7.25. The van der Waals surface area contributed by atoms with E-state index < -0.39 is 32.3 Å². The molecule has 0 aliphatic carbocycles. The normalized spacial score (nSPS) is 13.7. The number of hydrogen-bond acceptors (Lipinski definition) is 0. The van der Waals surface area contributed by atoms with Crippen molar-refractivity contribution in [1.29, 1.82) is 0 Å². The van der Waals surface area contributed by atoms with E-state index in [2.05, 4.69) is 537 Å². The molecule has 0 fully saturated rings. The summed E-state index contributed by atoms with van der Waals surface area (Å²) in [5, 5.41) is 45.2. The summed E-state index contributed by atoms with van der Waals surface area (Å²) in [5.41, 5.74) is 16.6. The van der Waals surface area contributed by atoms with Crippen LogP contribution in [0, 0.1) is 27.7 Å². The molecule has 0 nitrogen and oxygen atoms in total. The van der Waals surface area contributed by atoms with E-state index >= 15 is 0 Å². The maximum Gasteiger partial charge on any atom is 0.181 e. The Labute approximate surface area is 799 Å². The summed E-state index contributed by atoms with van der Waals surface area (Å²) in [4.78, 5) is 0. The van der Waals surface area contributed by atoms with Gasteiger partial charge < -0.3 is 0 Å². The van der Waals surface area contributed by atoms with Crippen molar-refractivity contribution in [3.8, 4) is 44.5 Å². The minimum Gasteiger partial charge on any atom is -0.0623 e. The van der Waals surface area contributed by atoms with Gasteiger partial charge in [0.15, 0.2) is 32.3 Å². The lowest BCUT2D eigenvalue weighted by Crippen LogP contribution is -2.73. The number of aryl methyl sites for hydroxylation is 4. The van der Waals surface area contributed by atoms with Crippen LogP contribution in [0.25, 0.3) is 131 Å². The summed E-state index contributed by atoms with van der Waals surface area (Å²) in [5.74, 6) is 0. The number of hydrogen-bond donors (Lipinski definition) is 0. The lowest BCUT2D eigenvalue weighted by molar-refractivity contribution is 1.49. The SMILES string of the molecule is Cc1c2ccccc2cc2c3c(ccc12)-c1ccccc1[Si]3(c1ccccc1)c1ccccc1.Cc1cc2c(c3cc4ccccc4cc13)[Si](c1ccccc1)(c1ccccc1)c1ccccc1-2.Cc1ccc2c(c1)-c1ccc3cc4ccccc4cc3c1[Si]2(c1ccccc1)c1ccccc1.Cc1ccc2c(c1)[Si](c1ccccc1)(c1ccccc1)c1c-2ccc2cc3ccccc3cc12. The molecule has 24 aromatic rings. The Morgan fingerprint density at radius 1 is 0.132 bits per heavy atom. The smallest absolute Gasteiger partial charge is 0.0623 e. The van der Waals surface area contributed by atoms with Crippen LogP contribution in [0.2, 0.25) is 0 Å². The molecule has 28 rings (SSSR count). The molecule has 4 aliphatic heterocycles. The molecule has 0 aromatic heterocycles. The fourth-order valence-electron chi connectivity index (χ4n) is 24.8. The van der Waals surface area contributed by atoms with Crippen molar-refractivity contribution in [2.45, 2.75) is 27.7 Å². The van der Waals surface area contributed by atoms with Crippen molar-refractivity contribution in [2.75, 3.05) is 0 Å². The van der Waals surface area contributed by atoms with Gasteiger partial charge in [-0.1, -0.05) is 478 Å². The molecule has 24 aromatic carbocycles. The van der Waals surface area contributed by atoms with Crippen LogP contribution >= 0.6 is 0 Å². The van der Waals surface area contributed by atoms with Crippen molar-refractivity contribution in [3.05, 3.63) is 532 Å². The summed E-state index contributed by atoms with van der Waals surface area (Å²) in [7, 11) is -10.0. The Balaban J connectivity index is 0.0000000965. The lowest BCUT2D eigenvalue weighted by Gasteiger charge is -2.32. The molecule has 0 spiro atoms. The van der Waals surface area contributed by atoms with Crippen LogP contribution in [-0.4, -0.2) is 32.3 Å². The van der Waals surface area contributed by atoms with E-state index in [4.69, 9.17) is 0 Å². The van der Waals surface area contributed by atoms with Crippen LogP contribution in [0.15, 0.2) is 510 Å². The summed E-state index contributed by atoms with van der Waals surface area (Å²) in [6, 6.07) is 191. The van der Waals surface area contributed by atoms with Crippen LogP contribution in [0.5, 0.6) is 0 Å². The first-order valence-electron chi connectivity index (χ1n) is 47.8. The largest absolute Gasteiger partial charge is 0.181 e. The maximum absolute atomic E-state index is 2.51.